The van der Waals surface area contributed by atoms with Crippen molar-refractivity contribution in [2.24, 2.45) is 0 Å². The number of nitrogens with zero attached hydrogens (tertiary/aromatic N) is 1. The Morgan fingerprint density at radius 1 is 1.07 bits per heavy atom. The molecule has 5 nitrogen and oxygen atoms in total. The van der Waals surface area contributed by atoms with Gasteiger partial charge in [-0.2, -0.15) is 0 Å². The lowest BCUT2D eigenvalue weighted by Gasteiger charge is -2.22. The predicted molar refractivity (Wildman–Crippen MR) is 100 cm³/mol. The Labute approximate surface area is 156 Å². The molecule has 0 unspecified atom stereocenters. The highest BCUT2D eigenvalue weighted by molar-refractivity contribution is 6.10. The van der Waals surface area contributed by atoms with Gasteiger partial charge in [0.25, 0.3) is 5.91 Å². The number of hydrogen-bond donors (Lipinski definition) is 1. The first-order valence-corrected chi connectivity index (χ1v) is 8.75. The van der Waals surface area contributed by atoms with Gasteiger partial charge in [-0.3, -0.25) is 9.59 Å². The molecular weight excluding hydrogens is 342 g/mol. The van der Waals surface area contributed by atoms with Crippen LogP contribution in [0.15, 0.2) is 71.3 Å². The number of aryl methyl sites for hydroxylation is 1. The van der Waals surface area contributed by atoms with Crippen LogP contribution in [0.4, 0.5) is 5.69 Å². The van der Waals surface area contributed by atoms with E-state index in [0.717, 1.165) is 11.1 Å². The molecule has 27 heavy (non-hydrogen) atoms. The Morgan fingerprint density at radius 3 is 2.52 bits per heavy atom. The van der Waals surface area contributed by atoms with Crippen molar-refractivity contribution in [3.05, 3.63) is 89.4 Å². The molecule has 1 aromatic heterocycles. The van der Waals surface area contributed by atoms with E-state index in [1.807, 2.05) is 37.3 Å². The van der Waals surface area contributed by atoms with Gasteiger partial charge in [-0.15, -0.1) is 0 Å². The first-order chi connectivity index (χ1) is 13.0. The number of rotatable bonds is 5. The Kier molecular flexibility index (Phi) is 4.16. The minimum Gasteiger partial charge on any atom is -0.461 e. The number of furan rings is 1. The summed E-state index contributed by atoms with van der Waals surface area (Å²) in [5.41, 5.74) is 1.25. The summed E-state index contributed by atoms with van der Waals surface area (Å²) < 4.78 is 5.12. The monoisotopic (exact) mass is 361 g/mol. The molecule has 2 aromatic carbocycles. The molecule has 0 bridgehead atoms. The molecule has 1 atom stereocenters. The van der Waals surface area contributed by atoms with Crippen LogP contribution in [0.3, 0.4) is 0 Å². The number of para-hydroxylation sites is 1. The quantitative estimate of drug-likeness (QED) is 0.705. The van der Waals surface area contributed by atoms with Crippen LogP contribution in [0.25, 0.3) is 0 Å². The molecule has 4 rings (SSSR count). The first kappa shape index (κ1) is 17.2. The van der Waals surface area contributed by atoms with Gasteiger partial charge in [-0.25, -0.2) is 0 Å². The van der Waals surface area contributed by atoms with Crippen molar-refractivity contribution in [1.29, 1.82) is 0 Å². The summed E-state index contributed by atoms with van der Waals surface area (Å²) >= 11 is 0. The number of hydrogen-bond acceptors (Lipinski definition) is 4. The molecule has 2 heterocycles. The number of anilines is 1. The number of fused-ring (bicyclic) bond motifs is 1. The van der Waals surface area contributed by atoms with Crippen molar-refractivity contribution in [2.75, 3.05) is 4.90 Å². The second-order valence-corrected chi connectivity index (χ2v) is 6.83. The fourth-order valence-corrected chi connectivity index (χ4v) is 3.47. The Balaban J connectivity index is 1.68. The average Bonchev–Trinajstić information content (AvgIpc) is 3.27. The van der Waals surface area contributed by atoms with Gasteiger partial charge in [0.1, 0.15) is 0 Å². The van der Waals surface area contributed by atoms with Crippen molar-refractivity contribution in [3.63, 3.8) is 0 Å². The van der Waals surface area contributed by atoms with Gasteiger partial charge in [-0.1, -0.05) is 48.0 Å². The molecular formula is C22H19NO4. The van der Waals surface area contributed by atoms with E-state index < -0.39 is 17.3 Å². The fraction of sp³-hybridized carbons (Fsp3) is 0.182. The van der Waals surface area contributed by atoms with E-state index in [9.17, 15) is 14.7 Å². The van der Waals surface area contributed by atoms with Gasteiger partial charge in [0.2, 0.25) is 5.78 Å². The topological polar surface area (TPSA) is 70.8 Å². The first-order valence-electron chi connectivity index (χ1n) is 8.75. The zero-order valence-corrected chi connectivity index (χ0v) is 14.9. The Morgan fingerprint density at radius 2 is 1.81 bits per heavy atom. The largest absolute Gasteiger partial charge is 0.461 e. The van der Waals surface area contributed by atoms with E-state index in [4.69, 9.17) is 4.42 Å². The molecule has 136 valence electrons. The van der Waals surface area contributed by atoms with Gasteiger partial charge in [0.15, 0.2) is 11.4 Å². The number of carbonyl (C=O) groups is 2. The highest BCUT2D eigenvalue weighted by Crippen LogP contribution is 2.43. The van der Waals surface area contributed by atoms with Crippen molar-refractivity contribution in [1.82, 2.24) is 0 Å². The zero-order chi connectivity index (χ0) is 19.0. The molecule has 0 saturated heterocycles. The SMILES string of the molecule is Cc1ccc(CN2C(=O)[C@@](O)(CC(=O)c3ccco3)c3ccccc32)cc1. The van der Waals surface area contributed by atoms with Crippen molar-refractivity contribution < 1.29 is 19.1 Å². The molecule has 3 aromatic rings. The molecule has 0 saturated carbocycles. The van der Waals surface area contributed by atoms with E-state index in [0.29, 0.717) is 17.8 Å². The summed E-state index contributed by atoms with van der Waals surface area (Å²) in [6, 6.07) is 18.1. The Hall–Kier alpha value is -3.18. The molecule has 1 amide bonds. The van der Waals surface area contributed by atoms with Crippen LogP contribution in [0.5, 0.6) is 0 Å². The second-order valence-electron chi connectivity index (χ2n) is 6.83. The molecule has 0 spiro atoms. The van der Waals surface area contributed by atoms with Crippen LogP contribution >= 0.6 is 0 Å². The van der Waals surface area contributed by atoms with Gasteiger partial charge < -0.3 is 14.4 Å². The van der Waals surface area contributed by atoms with Crippen LogP contribution in [-0.4, -0.2) is 16.8 Å². The summed E-state index contributed by atoms with van der Waals surface area (Å²) in [4.78, 5) is 27.2. The lowest BCUT2D eigenvalue weighted by atomic mass is 9.89. The summed E-state index contributed by atoms with van der Waals surface area (Å²) in [5.74, 6) is -0.780. The summed E-state index contributed by atoms with van der Waals surface area (Å²) in [5, 5.41) is 11.2. The highest BCUT2D eigenvalue weighted by Gasteiger charge is 2.51. The second kappa shape index (κ2) is 6.52. The van der Waals surface area contributed by atoms with Gasteiger partial charge >= 0.3 is 0 Å². The molecule has 1 aliphatic rings. The minimum absolute atomic E-state index is 0.130. The van der Waals surface area contributed by atoms with E-state index in [2.05, 4.69) is 0 Å². The third-order valence-corrected chi connectivity index (χ3v) is 4.91. The third-order valence-electron chi connectivity index (χ3n) is 4.91. The number of Topliss-reactive ketones (excluding diaryl/α,β-unsaturated/α-hetero) is 1. The van der Waals surface area contributed by atoms with Gasteiger partial charge in [0, 0.05) is 5.56 Å². The van der Waals surface area contributed by atoms with E-state index >= 15 is 0 Å². The normalized spacial score (nSPS) is 18.6. The van der Waals surface area contributed by atoms with E-state index in [-0.39, 0.29) is 12.2 Å². The van der Waals surface area contributed by atoms with Crippen LogP contribution in [-0.2, 0) is 16.9 Å². The number of aliphatic hydroxyl groups is 1. The number of ketones is 1. The molecule has 1 N–H and O–H groups in total. The zero-order valence-electron chi connectivity index (χ0n) is 14.9. The predicted octanol–water partition coefficient (Wildman–Crippen LogP) is 3.60. The average molecular weight is 361 g/mol. The van der Waals surface area contributed by atoms with Crippen molar-refractivity contribution in [2.45, 2.75) is 25.5 Å². The summed E-state index contributed by atoms with van der Waals surface area (Å²) in [6.07, 6.45) is 1.03. The van der Waals surface area contributed by atoms with E-state index in [1.165, 1.54) is 17.2 Å². The van der Waals surface area contributed by atoms with Crippen LogP contribution in [0, 0.1) is 6.92 Å². The summed E-state index contributed by atoms with van der Waals surface area (Å²) in [7, 11) is 0. The molecule has 5 heteroatoms. The summed E-state index contributed by atoms with van der Waals surface area (Å²) in [6.45, 7) is 2.33. The molecule has 0 aliphatic carbocycles. The van der Waals surface area contributed by atoms with Gasteiger partial charge in [0.05, 0.1) is 24.9 Å². The lowest BCUT2D eigenvalue weighted by Crippen LogP contribution is -2.41. The Bertz CT molecular complexity index is 991. The van der Waals surface area contributed by atoms with Crippen molar-refractivity contribution in [3.8, 4) is 0 Å². The molecule has 0 radical (unpaired) electrons. The maximum atomic E-state index is 13.2. The van der Waals surface area contributed by atoms with Crippen molar-refractivity contribution >= 4 is 17.4 Å². The molecule has 0 fully saturated rings. The van der Waals surface area contributed by atoms with Crippen LogP contribution in [0.1, 0.15) is 33.7 Å². The smallest absolute Gasteiger partial charge is 0.264 e. The number of amides is 1. The number of benzene rings is 2. The van der Waals surface area contributed by atoms with Crippen LogP contribution < -0.4 is 4.90 Å². The fourth-order valence-electron chi connectivity index (χ4n) is 3.47. The number of carbonyl (C=O) groups excluding carboxylic acids is 2. The van der Waals surface area contributed by atoms with Gasteiger partial charge in [-0.05, 0) is 30.7 Å². The molecule has 1 aliphatic heterocycles. The van der Waals surface area contributed by atoms with Crippen LogP contribution in [0.2, 0.25) is 0 Å². The minimum atomic E-state index is -1.90. The maximum Gasteiger partial charge on any atom is 0.264 e. The standard InChI is InChI=1S/C22H19NO4/c1-15-8-10-16(11-9-15)14-23-18-6-3-2-5-17(18)22(26,21(23)25)13-19(24)20-7-4-12-27-20/h2-12,26H,13-14H2,1H3/t22-/m1/s1. The maximum absolute atomic E-state index is 13.2. The third kappa shape index (κ3) is 2.96. The van der Waals surface area contributed by atoms with E-state index in [1.54, 1.807) is 24.3 Å². The lowest BCUT2D eigenvalue weighted by molar-refractivity contribution is -0.136. The highest BCUT2D eigenvalue weighted by atomic mass is 16.3.